The molecule has 0 bridgehead atoms. The summed E-state index contributed by atoms with van der Waals surface area (Å²) in [6, 6.07) is 0.548. The molecule has 0 aromatic heterocycles. The van der Waals surface area contributed by atoms with Crippen molar-refractivity contribution < 1.29 is 0 Å². The minimum Gasteiger partial charge on any atom is -0.385 e. The molecule has 11 heavy (non-hydrogen) atoms. The molecular weight excluding hydrogens is 134 g/mol. The minimum atomic E-state index is 0.548. The van der Waals surface area contributed by atoms with E-state index in [2.05, 4.69) is 24.5 Å². The van der Waals surface area contributed by atoms with Gasteiger partial charge in [-0.15, -0.1) is 0 Å². The maximum atomic E-state index is 3.34. The number of allylic oxidation sites excluding steroid dienone is 2. The molecular formula is C10H15N. The predicted octanol–water partition coefficient (Wildman–Crippen LogP) is 2.36. The number of dihydropyridines is 1. The zero-order valence-corrected chi connectivity index (χ0v) is 7.06. The maximum absolute atomic E-state index is 3.34. The Balaban J connectivity index is 2.19. The summed E-state index contributed by atoms with van der Waals surface area (Å²) in [6.45, 7) is 2.20. The summed E-state index contributed by atoms with van der Waals surface area (Å²) in [6.07, 6.45) is 9.92. The molecule has 1 atom stereocenters. The van der Waals surface area contributed by atoms with Crippen molar-refractivity contribution in [1.29, 1.82) is 0 Å². The molecule has 1 aliphatic carbocycles. The van der Waals surface area contributed by atoms with Gasteiger partial charge >= 0.3 is 0 Å². The molecule has 1 saturated carbocycles. The van der Waals surface area contributed by atoms with E-state index in [0.29, 0.717) is 6.04 Å². The largest absolute Gasteiger partial charge is 0.385 e. The molecule has 1 heterocycles. The van der Waals surface area contributed by atoms with Crippen LogP contribution in [0.4, 0.5) is 0 Å². The molecule has 0 saturated heterocycles. The van der Waals surface area contributed by atoms with Gasteiger partial charge in [0, 0.05) is 12.2 Å². The number of rotatable bonds is 0. The van der Waals surface area contributed by atoms with Crippen molar-refractivity contribution in [3.8, 4) is 0 Å². The summed E-state index contributed by atoms with van der Waals surface area (Å²) in [7, 11) is 0. The van der Waals surface area contributed by atoms with Crippen molar-refractivity contribution in [1.82, 2.24) is 5.32 Å². The standard InChI is InChI=1S/C10H15N/c1-8-6-9-4-2-3-5-10(9)7-11-8/h6-8,11H,2-5H2,1H3. The van der Waals surface area contributed by atoms with Crippen LogP contribution in [0, 0.1) is 0 Å². The average molecular weight is 149 g/mol. The molecule has 2 aliphatic rings. The SMILES string of the molecule is CC1C=C2CCCCC2=CN1. The monoisotopic (exact) mass is 149 g/mol. The Morgan fingerprint density at radius 1 is 1.27 bits per heavy atom. The van der Waals surface area contributed by atoms with Crippen LogP contribution in [-0.4, -0.2) is 6.04 Å². The molecule has 1 N–H and O–H groups in total. The van der Waals surface area contributed by atoms with Crippen LogP contribution in [0.5, 0.6) is 0 Å². The highest BCUT2D eigenvalue weighted by Gasteiger charge is 2.15. The zero-order valence-electron chi connectivity index (χ0n) is 7.06. The van der Waals surface area contributed by atoms with Gasteiger partial charge in [0.05, 0.1) is 0 Å². The molecule has 1 heteroatoms. The third-order valence-electron chi connectivity index (χ3n) is 2.53. The summed E-state index contributed by atoms with van der Waals surface area (Å²) < 4.78 is 0. The Labute approximate surface area is 68.2 Å². The normalized spacial score (nSPS) is 29.7. The molecule has 0 spiro atoms. The quantitative estimate of drug-likeness (QED) is 0.557. The van der Waals surface area contributed by atoms with E-state index in [0.717, 1.165) is 0 Å². The molecule has 0 amide bonds. The van der Waals surface area contributed by atoms with Crippen LogP contribution in [0.2, 0.25) is 0 Å². The number of fused-ring (bicyclic) bond motifs is 1. The fraction of sp³-hybridized carbons (Fsp3) is 0.600. The van der Waals surface area contributed by atoms with E-state index in [-0.39, 0.29) is 0 Å². The second kappa shape index (κ2) is 2.72. The van der Waals surface area contributed by atoms with Crippen LogP contribution in [0.3, 0.4) is 0 Å². The summed E-state index contributed by atoms with van der Waals surface area (Å²) in [4.78, 5) is 0. The lowest BCUT2D eigenvalue weighted by molar-refractivity contribution is 0.637. The van der Waals surface area contributed by atoms with Gasteiger partial charge in [0.15, 0.2) is 0 Å². The molecule has 0 aromatic carbocycles. The van der Waals surface area contributed by atoms with Gasteiger partial charge in [-0.2, -0.15) is 0 Å². The predicted molar refractivity (Wildman–Crippen MR) is 47.2 cm³/mol. The Hall–Kier alpha value is -0.720. The molecule has 60 valence electrons. The van der Waals surface area contributed by atoms with E-state index in [4.69, 9.17) is 0 Å². The smallest absolute Gasteiger partial charge is 0.0416 e. The van der Waals surface area contributed by atoms with E-state index in [1.807, 2.05) is 0 Å². The summed E-state index contributed by atoms with van der Waals surface area (Å²) in [5.41, 5.74) is 3.15. The highest BCUT2D eigenvalue weighted by atomic mass is 14.9. The third kappa shape index (κ3) is 1.32. The molecule has 1 nitrogen and oxygen atoms in total. The van der Waals surface area contributed by atoms with Crippen molar-refractivity contribution in [2.75, 3.05) is 0 Å². The van der Waals surface area contributed by atoms with E-state index < -0.39 is 0 Å². The lowest BCUT2D eigenvalue weighted by Crippen LogP contribution is -2.24. The van der Waals surface area contributed by atoms with Crippen molar-refractivity contribution >= 4 is 0 Å². The van der Waals surface area contributed by atoms with Crippen molar-refractivity contribution in [3.05, 3.63) is 23.4 Å². The molecule has 1 unspecified atom stereocenters. The molecule has 0 radical (unpaired) electrons. The van der Waals surface area contributed by atoms with Gasteiger partial charge in [0.1, 0.15) is 0 Å². The first-order valence-corrected chi connectivity index (χ1v) is 4.52. The van der Waals surface area contributed by atoms with Gasteiger partial charge < -0.3 is 5.32 Å². The molecule has 1 aliphatic heterocycles. The molecule has 0 aromatic rings. The number of hydrogen-bond acceptors (Lipinski definition) is 1. The number of hydrogen-bond donors (Lipinski definition) is 1. The lowest BCUT2D eigenvalue weighted by atomic mass is 9.87. The molecule has 1 fully saturated rings. The van der Waals surface area contributed by atoms with E-state index >= 15 is 0 Å². The fourth-order valence-electron chi connectivity index (χ4n) is 1.89. The first-order chi connectivity index (χ1) is 5.36. The van der Waals surface area contributed by atoms with Crippen LogP contribution in [0.25, 0.3) is 0 Å². The second-order valence-corrected chi connectivity index (χ2v) is 3.52. The van der Waals surface area contributed by atoms with Gasteiger partial charge in [-0.25, -0.2) is 0 Å². The van der Waals surface area contributed by atoms with Crippen molar-refractivity contribution in [3.63, 3.8) is 0 Å². The first-order valence-electron chi connectivity index (χ1n) is 4.52. The van der Waals surface area contributed by atoms with Crippen LogP contribution >= 0.6 is 0 Å². The van der Waals surface area contributed by atoms with Crippen molar-refractivity contribution in [2.45, 2.75) is 38.6 Å². The topological polar surface area (TPSA) is 12.0 Å². The lowest BCUT2D eigenvalue weighted by Gasteiger charge is -2.24. The summed E-state index contributed by atoms with van der Waals surface area (Å²) in [5, 5.41) is 3.34. The highest BCUT2D eigenvalue weighted by Crippen LogP contribution is 2.30. The highest BCUT2D eigenvalue weighted by molar-refractivity contribution is 5.36. The van der Waals surface area contributed by atoms with Crippen LogP contribution in [0.1, 0.15) is 32.6 Å². The summed E-state index contributed by atoms with van der Waals surface area (Å²) in [5.74, 6) is 0. The van der Waals surface area contributed by atoms with Crippen LogP contribution in [-0.2, 0) is 0 Å². The Bertz CT molecular complexity index is 213. The average Bonchev–Trinajstić information content (AvgIpc) is 2.04. The van der Waals surface area contributed by atoms with Gasteiger partial charge in [0.2, 0.25) is 0 Å². The summed E-state index contributed by atoms with van der Waals surface area (Å²) >= 11 is 0. The Morgan fingerprint density at radius 2 is 2.00 bits per heavy atom. The van der Waals surface area contributed by atoms with Gasteiger partial charge in [0.25, 0.3) is 0 Å². The van der Waals surface area contributed by atoms with Crippen molar-refractivity contribution in [2.24, 2.45) is 0 Å². The Kier molecular flexibility index (Phi) is 1.72. The van der Waals surface area contributed by atoms with Gasteiger partial charge in [-0.1, -0.05) is 6.08 Å². The zero-order chi connectivity index (χ0) is 7.68. The van der Waals surface area contributed by atoms with Crippen LogP contribution in [0.15, 0.2) is 23.4 Å². The third-order valence-corrected chi connectivity index (χ3v) is 2.53. The Morgan fingerprint density at radius 3 is 2.82 bits per heavy atom. The maximum Gasteiger partial charge on any atom is 0.0416 e. The molecule has 2 rings (SSSR count). The van der Waals surface area contributed by atoms with E-state index in [1.165, 1.54) is 25.7 Å². The van der Waals surface area contributed by atoms with E-state index in [9.17, 15) is 0 Å². The second-order valence-electron chi connectivity index (χ2n) is 3.52. The minimum absolute atomic E-state index is 0.548. The van der Waals surface area contributed by atoms with E-state index in [1.54, 1.807) is 11.1 Å². The number of nitrogens with one attached hydrogen (secondary N) is 1. The van der Waals surface area contributed by atoms with Gasteiger partial charge in [-0.3, -0.25) is 0 Å². The van der Waals surface area contributed by atoms with Crippen LogP contribution < -0.4 is 5.32 Å². The first kappa shape index (κ1) is 6.96. The van der Waals surface area contributed by atoms with Gasteiger partial charge in [-0.05, 0) is 43.8 Å². The fourth-order valence-corrected chi connectivity index (χ4v) is 1.89.